The van der Waals surface area contributed by atoms with E-state index in [0.717, 1.165) is 0 Å². The van der Waals surface area contributed by atoms with Crippen molar-refractivity contribution in [2.24, 2.45) is 0 Å². The number of allylic oxidation sites excluding steroid dienone is 1. The summed E-state index contributed by atoms with van der Waals surface area (Å²) in [5.74, 6) is -0.0108. The predicted molar refractivity (Wildman–Crippen MR) is 41.8 cm³/mol. The number of Topliss-reactive ketones (excluding diaryl/α,β-unsaturated/α-hetero) is 1. The van der Waals surface area contributed by atoms with Crippen molar-refractivity contribution in [3.05, 3.63) is 12.2 Å². The average molecular weight is 156 g/mol. The molecular weight excluding hydrogens is 144 g/mol. The molecule has 56 valence electrons. The standard InChI is InChI=1S/C7H12O2Si/c1-4-6(10-9)7(8)5(2)3/h6,9H,2,4H2,1,3H3. The lowest BCUT2D eigenvalue weighted by Gasteiger charge is -2.06. The smallest absolute Gasteiger partial charge is 0.236 e. The Morgan fingerprint density at radius 1 is 1.80 bits per heavy atom. The number of carbonyl (C=O) groups excluding carboxylic acids is 1. The molecule has 1 unspecified atom stereocenters. The fourth-order valence-electron chi connectivity index (χ4n) is 0.633. The first kappa shape index (κ1) is 9.59. The van der Waals surface area contributed by atoms with Crippen molar-refractivity contribution in [3.63, 3.8) is 0 Å². The molecule has 0 bridgehead atoms. The molecule has 0 aromatic carbocycles. The molecular formula is C7H12O2Si. The minimum absolute atomic E-state index is 0.0108. The van der Waals surface area contributed by atoms with Crippen molar-refractivity contribution in [2.45, 2.75) is 25.8 Å². The molecule has 0 saturated carbocycles. The van der Waals surface area contributed by atoms with E-state index < -0.39 is 0 Å². The van der Waals surface area contributed by atoms with E-state index in [9.17, 15) is 4.79 Å². The van der Waals surface area contributed by atoms with Crippen LogP contribution in [0.2, 0.25) is 5.54 Å². The van der Waals surface area contributed by atoms with E-state index in [0.29, 0.717) is 12.0 Å². The molecule has 0 aliphatic heterocycles. The average Bonchev–Trinajstić information content (AvgIpc) is 1.90. The molecule has 10 heavy (non-hydrogen) atoms. The number of ketones is 1. The van der Waals surface area contributed by atoms with Crippen molar-refractivity contribution in [1.29, 1.82) is 0 Å². The Bertz CT molecular complexity index is 139. The van der Waals surface area contributed by atoms with Crippen LogP contribution >= 0.6 is 0 Å². The van der Waals surface area contributed by atoms with E-state index in [1.54, 1.807) is 6.92 Å². The van der Waals surface area contributed by atoms with Gasteiger partial charge in [0.25, 0.3) is 0 Å². The summed E-state index contributed by atoms with van der Waals surface area (Å²) in [4.78, 5) is 19.8. The number of hydrogen-bond acceptors (Lipinski definition) is 2. The zero-order valence-corrected chi connectivity index (χ0v) is 7.35. The molecule has 2 radical (unpaired) electrons. The van der Waals surface area contributed by atoms with E-state index in [4.69, 9.17) is 4.80 Å². The molecule has 2 nitrogen and oxygen atoms in total. The van der Waals surface area contributed by atoms with Crippen molar-refractivity contribution >= 4 is 15.5 Å². The highest BCUT2D eigenvalue weighted by Gasteiger charge is 2.16. The first-order chi connectivity index (χ1) is 4.63. The third-order valence-corrected chi connectivity index (χ3v) is 2.28. The van der Waals surface area contributed by atoms with Gasteiger partial charge in [0.15, 0.2) is 5.78 Å². The van der Waals surface area contributed by atoms with Gasteiger partial charge in [0.05, 0.1) is 0 Å². The summed E-state index contributed by atoms with van der Waals surface area (Å²) >= 11 is 0. The highest BCUT2D eigenvalue weighted by atomic mass is 28.2. The Morgan fingerprint density at radius 2 is 2.30 bits per heavy atom. The SMILES string of the molecule is C=C(C)C(=O)C(CC)[Si]O. The minimum Gasteiger partial charge on any atom is -0.431 e. The minimum atomic E-state index is -0.288. The fourth-order valence-corrected chi connectivity index (χ4v) is 1.18. The van der Waals surface area contributed by atoms with Gasteiger partial charge in [-0.05, 0) is 18.9 Å². The quantitative estimate of drug-likeness (QED) is 0.486. The maximum absolute atomic E-state index is 11.1. The van der Waals surface area contributed by atoms with Crippen LogP contribution in [0.3, 0.4) is 0 Å². The molecule has 0 heterocycles. The molecule has 0 aliphatic carbocycles. The van der Waals surface area contributed by atoms with Gasteiger partial charge in [-0.15, -0.1) is 0 Å². The molecule has 0 fully saturated rings. The molecule has 0 amide bonds. The van der Waals surface area contributed by atoms with Gasteiger partial charge < -0.3 is 4.80 Å². The zero-order chi connectivity index (χ0) is 8.15. The number of carbonyl (C=O) groups is 1. The van der Waals surface area contributed by atoms with Crippen LogP contribution in [0.5, 0.6) is 0 Å². The van der Waals surface area contributed by atoms with Crippen LogP contribution < -0.4 is 0 Å². The van der Waals surface area contributed by atoms with E-state index in [-0.39, 0.29) is 21.1 Å². The normalized spacial score (nSPS) is 12.7. The van der Waals surface area contributed by atoms with Crippen LogP contribution in [0.4, 0.5) is 0 Å². The molecule has 0 rings (SSSR count). The third-order valence-electron chi connectivity index (χ3n) is 1.30. The molecule has 0 aromatic rings. The zero-order valence-electron chi connectivity index (χ0n) is 6.35. The molecule has 0 aromatic heterocycles. The maximum atomic E-state index is 11.1. The van der Waals surface area contributed by atoms with Gasteiger partial charge in [0.1, 0.15) is 0 Å². The monoisotopic (exact) mass is 156 g/mol. The van der Waals surface area contributed by atoms with Crippen molar-refractivity contribution < 1.29 is 9.59 Å². The predicted octanol–water partition coefficient (Wildman–Crippen LogP) is 0.942. The van der Waals surface area contributed by atoms with Crippen LogP contribution in [0.25, 0.3) is 0 Å². The molecule has 0 aliphatic rings. The van der Waals surface area contributed by atoms with E-state index >= 15 is 0 Å². The molecule has 1 atom stereocenters. The summed E-state index contributed by atoms with van der Waals surface area (Å²) in [6.07, 6.45) is 0.695. The Balaban J connectivity index is 4.02. The van der Waals surface area contributed by atoms with Crippen molar-refractivity contribution in [2.75, 3.05) is 0 Å². The van der Waals surface area contributed by atoms with Gasteiger partial charge in [0, 0.05) is 5.54 Å². The summed E-state index contributed by atoms with van der Waals surface area (Å²) in [6, 6.07) is 0. The second-order valence-electron chi connectivity index (χ2n) is 2.23. The van der Waals surface area contributed by atoms with Crippen LogP contribution in [0.15, 0.2) is 12.2 Å². The number of hydrogen-bond donors (Lipinski definition) is 1. The lowest BCUT2D eigenvalue weighted by atomic mass is 10.1. The summed E-state index contributed by atoms with van der Waals surface area (Å²) in [5.41, 5.74) is 0.325. The lowest BCUT2D eigenvalue weighted by Crippen LogP contribution is -2.14. The summed E-state index contributed by atoms with van der Waals surface area (Å²) in [7, 11) is -0.288. The second-order valence-corrected chi connectivity index (χ2v) is 3.19. The second kappa shape index (κ2) is 4.41. The van der Waals surface area contributed by atoms with E-state index in [2.05, 4.69) is 6.58 Å². The summed E-state index contributed by atoms with van der Waals surface area (Å²) < 4.78 is 0. The van der Waals surface area contributed by atoms with Crippen molar-refractivity contribution in [3.8, 4) is 0 Å². The first-order valence-corrected chi connectivity index (χ1v) is 4.25. The molecule has 0 saturated heterocycles. The van der Waals surface area contributed by atoms with E-state index in [1.807, 2.05) is 6.92 Å². The topological polar surface area (TPSA) is 37.3 Å². The Kier molecular flexibility index (Phi) is 4.23. The largest absolute Gasteiger partial charge is 0.431 e. The van der Waals surface area contributed by atoms with Gasteiger partial charge in [-0.1, -0.05) is 13.5 Å². The lowest BCUT2D eigenvalue weighted by molar-refractivity contribution is -0.115. The molecule has 3 heteroatoms. The van der Waals surface area contributed by atoms with Crippen LogP contribution in [0.1, 0.15) is 20.3 Å². The summed E-state index contributed by atoms with van der Waals surface area (Å²) in [6.45, 7) is 7.07. The molecule has 0 spiro atoms. The third kappa shape index (κ3) is 2.45. The molecule has 1 N–H and O–H groups in total. The first-order valence-electron chi connectivity index (χ1n) is 3.22. The van der Waals surface area contributed by atoms with E-state index in [1.165, 1.54) is 0 Å². The Hall–Kier alpha value is -0.413. The maximum Gasteiger partial charge on any atom is 0.236 e. The van der Waals surface area contributed by atoms with Gasteiger partial charge in [-0.2, -0.15) is 0 Å². The van der Waals surface area contributed by atoms with Gasteiger partial charge in [-0.3, -0.25) is 4.79 Å². The highest BCUT2D eigenvalue weighted by molar-refractivity contribution is 6.38. The van der Waals surface area contributed by atoms with Crippen LogP contribution in [-0.4, -0.2) is 20.3 Å². The van der Waals surface area contributed by atoms with Gasteiger partial charge in [-0.25, -0.2) is 0 Å². The van der Waals surface area contributed by atoms with Crippen LogP contribution in [0, 0.1) is 0 Å². The fraction of sp³-hybridized carbons (Fsp3) is 0.571. The summed E-state index contributed by atoms with van der Waals surface area (Å²) in [5, 5.41) is 0. The van der Waals surface area contributed by atoms with Crippen molar-refractivity contribution in [1.82, 2.24) is 0 Å². The van der Waals surface area contributed by atoms with Gasteiger partial charge in [0.2, 0.25) is 9.76 Å². The number of rotatable bonds is 4. The Labute approximate surface area is 63.9 Å². The highest BCUT2D eigenvalue weighted by Crippen LogP contribution is 2.12. The Morgan fingerprint density at radius 3 is 2.40 bits per heavy atom. The van der Waals surface area contributed by atoms with Crippen LogP contribution in [-0.2, 0) is 4.79 Å². The van der Waals surface area contributed by atoms with Gasteiger partial charge >= 0.3 is 0 Å².